The fourth-order valence-electron chi connectivity index (χ4n) is 2.75. The van der Waals surface area contributed by atoms with Gasteiger partial charge in [-0.3, -0.25) is 4.90 Å². The van der Waals surface area contributed by atoms with E-state index in [0.717, 1.165) is 18.9 Å². The molecule has 64 valence electrons. The van der Waals surface area contributed by atoms with Crippen LogP contribution >= 0.6 is 0 Å². The van der Waals surface area contributed by atoms with Gasteiger partial charge in [-0.2, -0.15) is 0 Å². The molecule has 1 saturated carbocycles. The lowest BCUT2D eigenvalue weighted by atomic mass is 10.0. The first-order valence-electron chi connectivity index (χ1n) is 4.75. The lowest BCUT2D eigenvalue weighted by molar-refractivity contribution is 0.0877. The molecule has 0 aromatic carbocycles. The summed E-state index contributed by atoms with van der Waals surface area (Å²) in [5, 5.41) is 9.66. The first-order valence-corrected chi connectivity index (χ1v) is 4.75. The summed E-state index contributed by atoms with van der Waals surface area (Å²) in [5.74, 6) is 0.810. The number of rotatable bonds is 1. The van der Waals surface area contributed by atoms with Crippen molar-refractivity contribution in [3.05, 3.63) is 0 Å². The van der Waals surface area contributed by atoms with Gasteiger partial charge in [0.15, 0.2) is 0 Å². The van der Waals surface area contributed by atoms with E-state index in [0.29, 0.717) is 6.04 Å². The van der Waals surface area contributed by atoms with Gasteiger partial charge >= 0.3 is 0 Å². The summed E-state index contributed by atoms with van der Waals surface area (Å²) in [7, 11) is 0. The van der Waals surface area contributed by atoms with E-state index in [1.807, 2.05) is 0 Å². The Labute approximate surface area is 68.2 Å². The van der Waals surface area contributed by atoms with Crippen LogP contribution in [0.1, 0.15) is 26.2 Å². The van der Waals surface area contributed by atoms with Gasteiger partial charge in [-0.05, 0) is 38.3 Å². The smallest absolute Gasteiger partial charge is 0.0698 e. The second-order valence-corrected chi connectivity index (χ2v) is 3.81. The van der Waals surface area contributed by atoms with E-state index in [9.17, 15) is 5.11 Å². The molecule has 0 bridgehead atoms. The molecule has 0 aromatic heterocycles. The van der Waals surface area contributed by atoms with Crippen molar-refractivity contribution in [2.24, 2.45) is 5.92 Å². The Morgan fingerprint density at radius 1 is 1.36 bits per heavy atom. The van der Waals surface area contributed by atoms with Crippen LogP contribution in [-0.2, 0) is 0 Å². The number of hydrogen-bond acceptors (Lipinski definition) is 2. The number of aliphatic hydroxyl groups is 1. The summed E-state index contributed by atoms with van der Waals surface area (Å²) in [6.07, 6.45) is 3.58. The molecule has 3 atom stereocenters. The van der Waals surface area contributed by atoms with E-state index in [2.05, 4.69) is 11.8 Å². The van der Waals surface area contributed by atoms with Crippen LogP contribution in [0.2, 0.25) is 0 Å². The van der Waals surface area contributed by atoms with Crippen molar-refractivity contribution < 1.29 is 5.11 Å². The fraction of sp³-hybridized carbons (Fsp3) is 1.00. The summed E-state index contributed by atoms with van der Waals surface area (Å²) >= 11 is 0. The van der Waals surface area contributed by atoms with Crippen molar-refractivity contribution >= 4 is 0 Å². The number of likely N-dealkylation sites (tertiary alicyclic amines) is 1. The van der Waals surface area contributed by atoms with Gasteiger partial charge in [0.25, 0.3) is 0 Å². The largest absolute Gasteiger partial charge is 0.391 e. The Morgan fingerprint density at radius 3 is 2.91 bits per heavy atom. The molecular formula is C9H17NO. The molecule has 2 nitrogen and oxygen atoms in total. The molecular weight excluding hydrogens is 138 g/mol. The normalized spacial score (nSPS) is 44.7. The molecule has 2 rings (SSSR count). The van der Waals surface area contributed by atoms with Gasteiger partial charge < -0.3 is 5.11 Å². The zero-order chi connectivity index (χ0) is 7.84. The van der Waals surface area contributed by atoms with E-state index in [1.165, 1.54) is 19.4 Å². The van der Waals surface area contributed by atoms with Gasteiger partial charge in [0.05, 0.1) is 6.10 Å². The van der Waals surface area contributed by atoms with Gasteiger partial charge in [-0.15, -0.1) is 0 Å². The Balaban J connectivity index is 2.07. The third kappa shape index (κ3) is 1.09. The summed E-state index contributed by atoms with van der Waals surface area (Å²) in [4.78, 5) is 2.43. The Bertz CT molecular complexity index is 148. The quantitative estimate of drug-likeness (QED) is 0.607. The topological polar surface area (TPSA) is 23.5 Å². The molecule has 2 fully saturated rings. The molecule has 1 N–H and O–H groups in total. The maximum Gasteiger partial charge on any atom is 0.0698 e. The van der Waals surface area contributed by atoms with Gasteiger partial charge in [-0.25, -0.2) is 0 Å². The van der Waals surface area contributed by atoms with E-state index in [-0.39, 0.29) is 6.10 Å². The second kappa shape index (κ2) is 2.76. The summed E-state index contributed by atoms with van der Waals surface area (Å²) in [6, 6.07) is 0.514. The number of nitrogens with zero attached hydrogens (tertiary/aromatic N) is 1. The van der Waals surface area contributed by atoms with Gasteiger partial charge in [0, 0.05) is 6.04 Å². The number of hydrogen-bond donors (Lipinski definition) is 1. The first kappa shape index (κ1) is 7.56. The van der Waals surface area contributed by atoms with Gasteiger partial charge in [0.2, 0.25) is 0 Å². The molecule has 2 heteroatoms. The van der Waals surface area contributed by atoms with Crippen molar-refractivity contribution in [1.82, 2.24) is 4.90 Å². The molecule has 0 amide bonds. The summed E-state index contributed by atoms with van der Waals surface area (Å²) < 4.78 is 0. The molecule has 1 aliphatic carbocycles. The Morgan fingerprint density at radius 2 is 2.18 bits per heavy atom. The van der Waals surface area contributed by atoms with Crippen LogP contribution in [0.5, 0.6) is 0 Å². The minimum absolute atomic E-state index is 0.0255. The van der Waals surface area contributed by atoms with Crippen LogP contribution in [0.25, 0.3) is 0 Å². The molecule has 1 aliphatic heterocycles. The van der Waals surface area contributed by atoms with Crippen LogP contribution in [0.15, 0.2) is 0 Å². The van der Waals surface area contributed by atoms with Crippen LogP contribution in [-0.4, -0.2) is 35.2 Å². The fourth-order valence-corrected chi connectivity index (χ4v) is 2.75. The molecule has 11 heavy (non-hydrogen) atoms. The Kier molecular flexibility index (Phi) is 1.90. The average molecular weight is 155 g/mol. The Hall–Kier alpha value is -0.0800. The van der Waals surface area contributed by atoms with E-state index < -0.39 is 0 Å². The van der Waals surface area contributed by atoms with Crippen molar-refractivity contribution in [1.29, 1.82) is 0 Å². The predicted molar refractivity (Wildman–Crippen MR) is 44.4 cm³/mol. The average Bonchev–Trinajstić information content (AvgIpc) is 2.54. The maximum atomic E-state index is 9.66. The van der Waals surface area contributed by atoms with E-state index in [1.54, 1.807) is 0 Å². The van der Waals surface area contributed by atoms with E-state index >= 15 is 0 Å². The van der Waals surface area contributed by atoms with Crippen molar-refractivity contribution in [2.45, 2.75) is 38.3 Å². The minimum atomic E-state index is -0.0255. The zero-order valence-electron chi connectivity index (χ0n) is 7.16. The lowest BCUT2D eigenvalue weighted by Gasteiger charge is -2.24. The number of fused-ring (bicyclic) bond motifs is 1. The first-order chi connectivity index (χ1) is 5.33. The van der Waals surface area contributed by atoms with Crippen LogP contribution in [0, 0.1) is 5.92 Å². The highest BCUT2D eigenvalue weighted by atomic mass is 16.3. The highest BCUT2D eigenvalue weighted by Crippen LogP contribution is 2.37. The van der Waals surface area contributed by atoms with E-state index in [4.69, 9.17) is 0 Å². The monoisotopic (exact) mass is 155 g/mol. The molecule has 0 aromatic rings. The molecule has 1 saturated heterocycles. The molecule has 1 heterocycles. The third-order valence-electron chi connectivity index (χ3n) is 3.33. The lowest BCUT2D eigenvalue weighted by Crippen LogP contribution is -2.37. The summed E-state index contributed by atoms with van der Waals surface area (Å²) in [5.41, 5.74) is 0. The summed E-state index contributed by atoms with van der Waals surface area (Å²) in [6.45, 7) is 4.51. The van der Waals surface area contributed by atoms with Gasteiger partial charge in [0.1, 0.15) is 0 Å². The van der Waals surface area contributed by atoms with Crippen molar-refractivity contribution in [3.63, 3.8) is 0 Å². The molecule has 2 aliphatic rings. The highest BCUT2D eigenvalue weighted by Gasteiger charge is 2.42. The maximum absolute atomic E-state index is 9.66. The SMILES string of the molecule is CCN1CCC2CC[C@@H](O)C21. The highest BCUT2D eigenvalue weighted by molar-refractivity contribution is 4.96. The standard InChI is InChI=1S/C9H17NO/c1-2-10-6-5-7-3-4-8(11)9(7)10/h7-9,11H,2-6H2,1H3/t7?,8-,9?/m1/s1. The third-order valence-corrected chi connectivity index (χ3v) is 3.33. The minimum Gasteiger partial charge on any atom is -0.391 e. The molecule has 0 spiro atoms. The number of likely N-dealkylation sites (N-methyl/N-ethyl adjacent to an activating group) is 1. The predicted octanol–water partition coefficient (Wildman–Crippen LogP) is 0.851. The molecule has 0 radical (unpaired) electrons. The second-order valence-electron chi connectivity index (χ2n) is 3.81. The molecule has 2 unspecified atom stereocenters. The number of aliphatic hydroxyl groups excluding tert-OH is 1. The van der Waals surface area contributed by atoms with Crippen LogP contribution < -0.4 is 0 Å². The zero-order valence-corrected chi connectivity index (χ0v) is 7.16. The van der Waals surface area contributed by atoms with Crippen molar-refractivity contribution in [3.8, 4) is 0 Å². The van der Waals surface area contributed by atoms with Crippen molar-refractivity contribution in [2.75, 3.05) is 13.1 Å². The van der Waals surface area contributed by atoms with Crippen LogP contribution in [0.4, 0.5) is 0 Å². The van der Waals surface area contributed by atoms with Gasteiger partial charge in [-0.1, -0.05) is 6.92 Å². The van der Waals surface area contributed by atoms with Crippen LogP contribution in [0.3, 0.4) is 0 Å².